The highest BCUT2D eigenvalue weighted by Gasteiger charge is 2.23. The summed E-state index contributed by atoms with van der Waals surface area (Å²) in [4.78, 5) is 0. The number of halogens is 2. The highest BCUT2D eigenvalue weighted by molar-refractivity contribution is 6.73. The van der Waals surface area contributed by atoms with Crippen molar-refractivity contribution in [3.63, 3.8) is 0 Å². The zero-order valence-electron chi connectivity index (χ0n) is 21.2. The van der Waals surface area contributed by atoms with Crippen molar-refractivity contribution in [2.24, 2.45) is 5.92 Å². The molecular weight excluding hydrogens is 454 g/mol. The SMILES string of the molecule is CCCOc1ccc(CCc2ccc(-c3ccc([Si@H]4CC[C@H](CCC)CC4)cc3)cc2)c(F)c1F. The summed E-state index contributed by atoms with van der Waals surface area (Å²) in [5, 5.41) is 1.61. The predicted molar refractivity (Wildman–Crippen MR) is 145 cm³/mol. The highest BCUT2D eigenvalue weighted by Crippen LogP contribution is 2.29. The third-order valence-electron chi connectivity index (χ3n) is 7.48. The van der Waals surface area contributed by atoms with Gasteiger partial charge in [0, 0.05) is 0 Å². The summed E-state index contributed by atoms with van der Waals surface area (Å²) in [6.45, 7) is 4.62. The Morgan fingerprint density at radius 1 is 0.771 bits per heavy atom. The second-order valence-corrected chi connectivity index (χ2v) is 13.2. The van der Waals surface area contributed by atoms with E-state index in [1.807, 2.05) is 6.92 Å². The minimum atomic E-state index is -0.883. The topological polar surface area (TPSA) is 9.23 Å². The lowest BCUT2D eigenvalue weighted by molar-refractivity contribution is 0.294. The third kappa shape index (κ3) is 6.61. The number of rotatable bonds is 10. The maximum Gasteiger partial charge on any atom is 0.200 e. The van der Waals surface area contributed by atoms with Crippen LogP contribution < -0.4 is 9.92 Å². The Labute approximate surface area is 211 Å². The second kappa shape index (κ2) is 12.5. The first-order valence-electron chi connectivity index (χ1n) is 13.4. The van der Waals surface area contributed by atoms with E-state index in [2.05, 4.69) is 55.5 Å². The molecule has 4 heteroatoms. The molecule has 1 saturated heterocycles. The minimum absolute atomic E-state index is 0.00434. The molecule has 0 bridgehead atoms. The average Bonchev–Trinajstić information content (AvgIpc) is 2.90. The lowest BCUT2D eigenvalue weighted by Crippen LogP contribution is -2.33. The normalized spacial score (nSPS) is 17.9. The molecule has 186 valence electrons. The van der Waals surface area contributed by atoms with Crippen molar-refractivity contribution in [3.05, 3.63) is 83.4 Å². The Morgan fingerprint density at radius 3 is 2.06 bits per heavy atom. The Morgan fingerprint density at radius 2 is 1.43 bits per heavy atom. The van der Waals surface area contributed by atoms with Crippen molar-refractivity contribution < 1.29 is 13.5 Å². The summed E-state index contributed by atoms with van der Waals surface area (Å²) in [5.74, 6) is -0.712. The average molecular weight is 493 g/mol. The summed E-state index contributed by atoms with van der Waals surface area (Å²) in [7, 11) is -0.793. The fraction of sp³-hybridized carbons (Fsp3) is 0.419. The van der Waals surface area contributed by atoms with Crippen LogP contribution in [0.5, 0.6) is 5.75 Å². The third-order valence-corrected chi connectivity index (χ3v) is 10.9. The van der Waals surface area contributed by atoms with Gasteiger partial charge in [-0.1, -0.05) is 111 Å². The first kappa shape index (κ1) is 25.6. The van der Waals surface area contributed by atoms with Crippen molar-refractivity contribution in [1.82, 2.24) is 0 Å². The van der Waals surface area contributed by atoms with Gasteiger partial charge in [-0.25, -0.2) is 4.39 Å². The van der Waals surface area contributed by atoms with Crippen LogP contribution in [0.1, 0.15) is 57.1 Å². The van der Waals surface area contributed by atoms with Gasteiger partial charge in [0.15, 0.2) is 11.6 Å². The maximum atomic E-state index is 14.4. The van der Waals surface area contributed by atoms with Gasteiger partial charge >= 0.3 is 0 Å². The van der Waals surface area contributed by atoms with Gasteiger partial charge < -0.3 is 4.74 Å². The summed E-state index contributed by atoms with van der Waals surface area (Å²) < 4.78 is 34.0. The van der Waals surface area contributed by atoms with E-state index in [1.54, 1.807) is 11.3 Å². The van der Waals surface area contributed by atoms with Crippen LogP contribution in [0, 0.1) is 17.6 Å². The van der Waals surface area contributed by atoms with Crippen molar-refractivity contribution >= 4 is 14.0 Å². The largest absolute Gasteiger partial charge is 0.490 e. The van der Waals surface area contributed by atoms with Crippen molar-refractivity contribution in [2.45, 2.75) is 70.9 Å². The van der Waals surface area contributed by atoms with E-state index in [1.165, 1.54) is 55.0 Å². The lowest BCUT2D eigenvalue weighted by Gasteiger charge is -2.27. The molecule has 3 aromatic carbocycles. The zero-order valence-corrected chi connectivity index (χ0v) is 22.3. The van der Waals surface area contributed by atoms with Crippen LogP contribution in [0.25, 0.3) is 11.1 Å². The molecule has 0 spiro atoms. The van der Waals surface area contributed by atoms with E-state index >= 15 is 0 Å². The lowest BCUT2D eigenvalue weighted by atomic mass is 9.97. The predicted octanol–water partition coefficient (Wildman–Crippen LogP) is 7.85. The van der Waals surface area contributed by atoms with Crippen molar-refractivity contribution in [3.8, 4) is 16.9 Å². The maximum absolute atomic E-state index is 14.4. The molecular formula is C31H38F2OSi. The fourth-order valence-corrected chi connectivity index (χ4v) is 8.81. The van der Waals surface area contributed by atoms with Crippen LogP contribution in [0.3, 0.4) is 0 Å². The zero-order chi connectivity index (χ0) is 24.6. The Kier molecular flexibility index (Phi) is 9.14. The molecule has 0 saturated carbocycles. The van der Waals surface area contributed by atoms with E-state index in [0.717, 1.165) is 17.9 Å². The number of benzene rings is 3. The molecule has 1 nitrogen and oxygen atoms in total. The van der Waals surface area contributed by atoms with Crippen LogP contribution >= 0.6 is 0 Å². The Bertz CT molecular complexity index is 1070. The van der Waals surface area contributed by atoms with E-state index in [0.29, 0.717) is 25.0 Å². The number of ether oxygens (including phenoxy) is 1. The molecule has 0 radical (unpaired) electrons. The minimum Gasteiger partial charge on any atom is -0.490 e. The molecule has 0 atom stereocenters. The number of hydrogen-bond donors (Lipinski definition) is 0. The summed E-state index contributed by atoms with van der Waals surface area (Å²) in [5.41, 5.74) is 3.94. The van der Waals surface area contributed by atoms with E-state index in [-0.39, 0.29) is 5.75 Å². The quantitative estimate of drug-likeness (QED) is 0.262. The molecule has 35 heavy (non-hydrogen) atoms. The summed E-state index contributed by atoms with van der Waals surface area (Å²) in [6, 6.07) is 23.8. The molecule has 0 unspecified atom stereocenters. The molecule has 0 aliphatic carbocycles. The first-order chi connectivity index (χ1) is 17.1. The molecule has 4 rings (SSSR count). The number of hydrogen-bond acceptors (Lipinski definition) is 1. The van der Waals surface area contributed by atoms with Gasteiger partial charge in [-0.2, -0.15) is 4.39 Å². The van der Waals surface area contributed by atoms with E-state index in [9.17, 15) is 8.78 Å². The molecule has 1 heterocycles. The first-order valence-corrected chi connectivity index (χ1v) is 15.6. The van der Waals surface area contributed by atoms with Crippen LogP contribution in [-0.2, 0) is 12.8 Å². The smallest absolute Gasteiger partial charge is 0.200 e. The van der Waals surface area contributed by atoms with Crippen LogP contribution in [0.4, 0.5) is 8.78 Å². The van der Waals surface area contributed by atoms with Gasteiger partial charge in [-0.15, -0.1) is 0 Å². The molecule has 1 fully saturated rings. The Balaban J connectivity index is 1.33. The monoisotopic (exact) mass is 492 g/mol. The van der Waals surface area contributed by atoms with Crippen LogP contribution in [0.2, 0.25) is 12.1 Å². The molecule has 0 N–H and O–H groups in total. The van der Waals surface area contributed by atoms with Crippen molar-refractivity contribution in [1.29, 1.82) is 0 Å². The molecule has 0 amide bonds. The molecule has 3 aromatic rings. The standard InChI is InChI=1S/C31H38F2OSi/c1-3-5-23-18-21-35(22-19-23)28-15-12-26(13-16-28)25-9-6-24(7-10-25)8-11-27-14-17-29(34-20-4-2)31(33)30(27)32/h6-7,9-10,12-17,23,35H,3-5,8,11,18-22H2,1-2H3/t23-,35-. The molecule has 1 aliphatic heterocycles. The van der Waals surface area contributed by atoms with E-state index in [4.69, 9.17) is 4.74 Å². The van der Waals surface area contributed by atoms with E-state index < -0.39 is 20.4 Å². The van der Waals surface area contributed by atoms with Gasteiger partial charge in [-0.3, -0.25) is 0 Å². The van der Waals surface area contributed by atoms with Crippen molar-refractivity contribution in [2.75, 3.05) is 6.61 Å². The van der Waals surface area contributed by atoms with Gasteiger partial charge in [0.2, 0.25) is 5.82 Å². The fourth-order valence-electron chi connectivity index (χ4n) is 5.37. The van der Waals surface area contributed by atoms with Gasteiger partial charge in [0.1, 0.15) is 0 Å². The van der Waals surface area contributed by atoms with Crippen LogP contribution in [-0.4, -0.2) is 15.4 Å². The summed E-state index contributed by atoms with van der Waals surface area (Å²) >= 11 is 0. The number of aryl methyl sites for hydroxylation is 2. The van der Waals surface area contributed by atoms with Gasteiger partial charge in [0.05, 0.1) is 15.4 Å². The molecule has 0 aromatic heterocycles. The van der Waals surface area contributed by atoms with Gasteiger partial charge in [-0.05, 0) is 53.5 Å². The highest BCUT2D eigenvalue weighted by atomic mass is 28.3. The molecule has 1 aliphatic rings. The van der Waals surface area contributed by atoms with Crippen LogP contribution in [0.15, 0.2) is 60.7 Å². The summed E-state index contributed by atoms with van der Waals surface area (Å²) in [6.07, 6.45) is 7.46. The van der Waals surface area contributed by atoms with Gasteiger partial charge in [0.25, 0.3) is 0 Å². The second-order valence-electron chi connectivity index (χ2n) is 10.0. The Hall–Kier alpha value is -2.46.